The standard InChI is InChI=1S/C24H33FN6O3.C17H20FN5O2.C7H15NO2.CH4/c1-4-30(5-2)11-10-21(32)31-12-8-17(9-13-31)28-24-27-15-19(23(26)29-24)22(33)18-14-16(25)6-7-20(18)34-3;1-25-14-3-2-10(18)8-12(14)15(24)13-9-21-17(23-16(13)19)22-11-4-6-20-7-5-11;1-3-8(4-2)6-5-7(9)10;/h6-7,14-15,17H,4-5,8-13H2,1-3H3,(H3,26,27,28,29);2-3,8-9,11,20H,4-7H2,1H3,(H3,19,21,22,23);3-6H2,1-2H3,(H,9,10);1H4. The van der Waals surface area contributed by atoms with Crippen molar-refractivity contribution in [3.63, 3.8) is 0 Å². The van der Waals surface area contributed by atoms with Gasteiger partial charge >= 0.3 is 5.97 Å². The number of ether oxygens (including phenoxy) is 2. The van der Waals surface area contributed by atoms with Gasteiger partial charge in [-0.2, -0.15) is 9.97 Å². The van der Waals surface area contributed by atoms with E-state index in [9.17, 15) is 28.0 Å². The topological polar surface area (TPSA) is 256 Å². The van der Waals surface area contributed by atoms with E-state index < -0.39 is 29.2 Å². The molecule has 2 saturated heterocycles. The number of carboxylic acid groups (broad SMARTS) is 1. The Labute approximate surface area is 410 Å². The minimum Gasteiger partial charge on any atom is -0.496 e. The van der Waals surface area contributed by atoms with Gasteiger partial charge in [-0.3, -0.25) is 19.2 Å². The number of rotatable bonds is 20. The van der Waals surface area contributed by atoms with E-state index >= 15 is 0 Å². The van der Waals surface area contributed by atoms with Crippen LogP contribution in [0, 0.1) is 11.6 Å². The number of nitrogens with zero attached hydrogens (tertiary/aromatic N) is 7. The maximum atomic E-state index is 13.7. The van der Waals surface area contributed by atoms with E-state index in [1.54, 1.807) is 0 Å². The van der Waals surface area contributed by atoms with Gasteiger partial charge in [0, 0.05) is 57.1 Å². The Hall–Kier alpha value is -6.58. The maximum Gasteiger partial charge on any atom is 0.304 e. The number of hydrogen-bond donors (Lipinski definition) is 6. The quantitative estimate of drug-likeness (QED) is 0.0588. The Morgan fingerprint density at radius 3 is 1.50 bits per heavy atom. The average molecular weight is 979 g/mol. The molecular formula is C49H72F2N12O7. The summed E-state index contributed by atoms with van der Waals surface area (Å²) in [5, 5.41) is 18.1. The smallest absolute Gasteiger partial charge is 0.304 e. The van der Waals surface area contributed by atoms with E-state index in [2.05, 4.69) is 59.5 Å². The molecule has 384 valence electrons. The highest BCUT2D eigenvalue weighted by atomic mass is 19.1. The summed E-state index contributed by atoms with van der Waals surface area (Å²) in [7, 11) is 2.82. The van der Waals surface area contributed by atoms with Crippen molar-refractivity contribution >= 4 is 47.0 Å². The normalized spacial score (nSPS) is 13.8. The number of amides is 1. The fraction of sp³-hybridized carbons (Fsp3) is 0.510. The van der Waals surface area contributed by atoms with Gasteiger partial charge in [-0.15, -0.1) is 0 Å². The van der Waals surface area contributed by atoms with Crippen LogP contribution in [0.25, 0.3) is 0 Å². The molecule has 0 radical (unpaired) electrons. The van der Waals surface area contributed by atoms with E-state index in [1.807, 2.05) is 18.7 Å². The minimum absolute atomic E-state index is 0. The molecule has 8 N–H and O–H groups in total. The van der Waals surface area contributed by atoms with Gasteiger partial charge in [0.05, 0.1) is 42.9 Å². The molecule has 0 bridgehead atoms. The van der Waals surface area contributed by atoms with E-state index in [-0.39, 0.29) is 77.2 Å². The summed E-state index contributed by atoms with van der Waals surface area (Å²) < 4.78 is 37.4. The first-order chi connectivity index (χ1) is 33.1. The fourth-order valence-electron chi connectivity index (χ4n) is 7.63. The molecule has 2 aromatic carbocycles. The van der Waals surface area contributed by atoms with Gasteiger partial charge in [-0.25, -0.2) is 18.7 Å². The lowest BCUT2D eigenvalue weighted by atomic mass is 10.0. The predicted molar refractivity (Wildman–Crippen MR) is 268 cm³/mol. The molecule has 19 nitrogen and oxygen atoms in total. The summed E-state index contributed by atoms with van der Waals surface area (Å²) in [5.74, 6) is -1.38. The Kier molecular flexibility index (Phi) is 24.3. The monoisotopic (exact) mass is 979 g/mol. The molecule has 2 aliphatic rings. The molecule has 21 heteroatoms. The number of nitrogens with one attached hydrogen (secondary N) is 3. The predicted octanol–water partition coefficient (Wildman–Crippen LogP) is 5.61. The van der Waals surface area contributed by atoms with Gasteiger partial charge in [0.25, 0.3) is 0 Å². The third kappa shape index (κ3) is 17.4. The van der Waals surface area contributed by atoms with Crippen molar-refractivity contribution in [1.82, 2.24) is 40.0 Å². The third-order valence-electron chi connectivity index (χ3n) is 11.9. The first-order valence-corrected chi connectivity index (χ1v) is 23.3. The van der Waals surface area contributed by atoms with Crippen LogP contribution in [0.3, 0.4) is 0 Å². The number of methoxy groups -OCH3 is 2. The Morgan fingerprint density at radius 1 is 0.700 bits per heavy atom. The second-order valence-corrected chi connectivity index (χ2v) is 16.2. The molecule has 0 unspecified atom stereocenters. The molecule has 0 atom stereocenters. The average Bonchev–Trinajstić information content (AvgIpc) is 3.35. The number of hydrogen-bond acceptors (Lipinski definition) is 17. The van der Waals surface area contributed by atoms with Crippen LogP contribution in [0.2, 0.25) is 0 Å². The van der Waals surface area contributed by atoms with Crippen LogP contribution >= 0.6 is 0 Å². The fourth-order valence-corrected chi connectivity index (χ4v) is 7.63. The number of piperidine rings is 2. The highest BCUT2D eigenvalue weighted by Gasteiger charge is 2.25. The zero-order chi connectivity index (χ0) is 50.5. The van der Waals surface area contributed by atoms with Crippen molar-refractivity contribution in [2.24, 2.45) is 0 Å². The first-order valence-electron chi connectivity index (χ1n) is 23.3. The summed E-state index contributed by atoms with van der Waals surface area (Å²) in [5.41, 5.74) is 12.3. The highest BCUT2D eigenvalue weighted by molar-refractivity contribution is 6.13. The number of halogens is 2. The molecule has 0 saturated carbocycles. The van der Waals surface area contributed by atoms with Crippen LogP contribution < -0.4 is 36.9 Å². The zero-order valence-electron chi connectivity index (χ0n) is 40.5. The number of carbonyl (C=O) groups is 4. The van der Waals surface area contributed by atoms with Crippen molar-refractivity contribution in [2.75, 3.05) is 102 Å². The molecule has 4 aromatic rings. The molecular weight excluding hydrogens is 907 g/mol. The lowest BCUT2D eigenvalue weighted by Gasteiger charge is -2.33. The van der Waals surface area contributed by atoms with Crippen molar-refractivity contribution in [1.29, 1.82) is 0 Å². The van der Waals surface area contributed by atoms with Crippen molar-refractivity contribution in [2.45, 2.75) is 85.7 Å². The number of carbonyl (C=O) groups excluding carboxylic acids is 3. The number of carboxylic acids is 1. The lowest BCUT2D eigenvalue weighted by molar-refractivity contribution is -0.137. The zero-order valence-corrected chi connectivity index (χ0v) is 40.5. The highest BCUT2D eigenvalue weighted by Crippen LogP contribution is 2.27. The summed E-state index contributed by atoms with van der Waals surface area (Å²) in [6.45, 7) is 16.7. The maximum absolute atomic E-state index is 13.7. The molecule has 4 heterocycles. The van der Waals surface area contributed by atoms with Gasteiger partial charge in [0.15, 0.2) is 0 Å². The summed E-state index contributed by atoms with van der Waals surface area (Å²) >= 11 is 0. The molecule has 2 fully saturated rings. The van der Waals surface area contributed by atoms with E-state index in [1.165, 1.54) is 50.9 Å². The minimum atomic E-state index is -0.716. The summed E-state index contributed by atoms with van der Waals surface area (Å²) in [4.78, 5) is 71.2. The molecule has 0 aliphatic carbocycles. The SMILES string of the molecule is C.CCN(CC)CCC(=O)N1CCC(Nc2ncc(C(=O)c3cc(F)ccc3OC)c(N)n2)CC1.CCN(CC)CCC(=O)O.COc1ccc(F)cc1C(=O)c1cnc(NC2CCNCC2)nc1N. The Bertz CT molecular complexity index is 2310. The number of nitrogens with two attached hydrogens (primary N) is 2. The number of aliphatic carboxylic acids is 1. The van der Waals surface area contributed by atoms with Crippen LogP contribution in [0.1, 0.15) is 105 Å². The van der Waals surface area contributed by atoms with E-state index in [4.69, 9.17) is 26.0 Å². The van der Waals surface area contributed by atoms with Gasteiger partial charge in [-0.1, -0.05) is 35.1 Å². The molecule has 0 spiro atoms. The lowest BCUT2D eigenvalue weighted by Crippen LogP contribution is -2.43. The van der Waals surface area contributed by atoms with Crippen molar-refractivity contribution in [3.05, 3.63) is 82.7 Å². The van der Waals surface area contributed by atoms with E-state index in [0.717, 1.165) is 83.6 Å². The molecule has 2 aliphatic heterocycles. The van der Waals surface area contributed by atoms with Crippen LogP contribution in [0.5, 0.6) is 11.5 Å². The summed E-state index contributed by atoms with van der Waals surface area (Å²) in [6.07, 6.45) is 6.94. The van der Waals surface area contributed by atoms with E-state index in [0.29, 0.717) is 38.0 Å². The van der Waals surface area contributed by atoms with Gasteiger partial charge in [0.1, 0.15) is 34.8 Å². The molecule has 1 amide bonds. The van der Waals surface area contributed by atoms with Crippen LogP contribution in [-0.4, -0.2) is 155 Å². The number of benzene rings is 2. The van der Waals surface area contributed by atoms with Crippen LogP contribution in [0.4, 0.5) is 32.3 Å². The number of aromatic nitrogens is 4. The van der Waals surface area contributed by atoms with Crippen molar-refractivity contribution < 1.29 is 42.5 Å². The van der Waals surface area contributed by atoms with Crippen LogP contribution in [-0.2, 0) is 9.59 Å². The number of nitrogen functional groups attached to an aromatic ring is 2. The van der Waals surface area contributed by atoms with Gasteiger partial charge in [0.2, 0.25) is 29.4 Å². The van der Waals surface area contributed by atoms with Gasteiger partial charge in [-0.05, 0) is 101 Å². The first kappa shape index (κ1) is 57.7. The number of likely N-dealkylation sites (tertiary alicyclic amines) is 1. The largest absolute Gasteiger partial charge is 0.496 e. The van der Waals surface area contributed by atoms with Gasteiger partial charge < -0.3 is 56.7 Å². The number of ketones is 2. The third-order valence-corrected chi connectivity index (χ3v) is 11.9. The second-order valence-electron chi connectivity index (χ2n) is 16.2. The molecule has 70 heavy (non-hydrogen) atoms. The van der Waals surface area contributed by atoms with Crippen molar-refractivity contribution in [3.8, 4) is 11.5 Å². The molecule has 6 rings (SSSR count). The number of anilines is 4. The molecule has 2 aromatic heterocycles. The van der Waals surface area contributed by atoms with Crippen LogP contribution in [0.15, 0.2) is 48.8 Å². The second kappa shape index (κ2) is 29.4. The summed E-state index contributed by atoms with van der Waals surface area (Å²) in [6, 6.07) is 7.80. The Morgan fingerprint density at radius 2 is 1.11 bits per heavy atom. The Balaban J connectivity index is 0.000000315.